The summed E-state index contributed by atoms with van der Waals surface area (Å²) in [6, 6.07) is 5.40. The van der Waals surface area contributed by atoms with Gasteiger partial charge in [0.25, 0.3) is 0 Å². The molecule has 0 fully saturated rings. The second-order valence-electron chi connectivity index (χ2n) is 3.50. The van der Waals surface area contributed by atoms with E-state index in [-0.39, 0.29) is 0 Å². The zero-order valence-electron chi connectivity index (χ0n) is 8.95. The molecule has 6 heteroatoms. The van der Waals surface area contributed by atoms with Gasteiger partial charge in [0.1, 0.15) is 0 Å². The van der Waals surface area contributed by atoms with Crippen LogP contribution in [0.3, 0.4) is 0 Å². The molecule has 2 rings (SSSR count). The maximum Gasteiger partial charge on any atom is 0.232 e. The zero-order chi connectivity index (χ0) is 11.8. The van der Waals surface area contributed by atoms with Crippen molar-refractivity contribution in [2.75, 3.05) is 17.6 Å². The monoisotopic (exact) mass is 237 g/mol. The van der Waals surface area contributed by atoms with Crippen LogP contribution >= 0.6 is 0 Å². The number of aromatic nitrogens is 2. The summed E-state index contributed by atoms with van der Waals surface area (Å²) < 4.78 is 24.2. The molecule has 1 heterocycles. The van der Waals surface area contributed by atoms with Crippen molar-refractivity contribution in [2.45, 2.75) is 0 Å². The summed E-state index contributed by atoms with van der Waals surface area (Å²) in [6.07, 6.45) is 4.34. The highest BCUT2D eigenvalue weighted by atomic mass is 32.2. The predicted molar refractivity (Wildman–Crippen MR) is 62.8 cm³/mol. The summed E-state index contributed by atoms with van der Waals surface area (Å²) >= 11 is 0. The minimum Gasteiger partial charge on any atom is -0.273 e. The van der Waals surface area contributed by atoms with E-state index in [9.17, 15) is 8.42 Å². The number of sulfonamides is 1. The Hall–Kier alpha value is -1.69. The van der Waals surface area contributed by atoms with E-state index in [1.54, 1.807) is 24.5 Å². The third-order valence-electron chi connectivity index (χ3n) is 2.40. The summed E-state index contributed by atoms with van der Waals surface area (Å²) in [5, 5.41) is 9.16. The van der Waals surface area contributed by atoms with Gasteiger partial charge in [-0.3, -0.25) is 4.31 Å². The minimum atomic E-state index is -3.26. The average molecular weight is 237 g/mol. The van der Waals surface area contributed by atoms with Gasteiger partial charge in [-0.15, -0.1) is 0 Å². The smallest absolute Gasteiger partial charge is 0.232 e. The Kier molecular flexibility index (Phi) is 2.51. The largest absolute Gasteiger partial charge is 0.273 e. The Morgan fingerprint density at radius 1 is 1.19 bits per heavy atom. The maximum absolute atomic E-state index is 11.5. The second-order valence-corrected chi connectivity index (χ2v) is 5.51. The van der Waals surface area contributed by atoms with Crippen molar-refractivity contribution in [1.29, 1.82) is 0 Å². The Labute approximate surface area is 93.8 Å². The normalized spacial score (nSPS) is 11.6. The van der Waals surface area contributed by atoms with Gasteiger partial charge in [0, 0.05) is 17.8 Å². The van der Waals surface area contributed by atoms with Crippen molar-refractivity contribution >= 4 is 26.5 Å². The molecule has 0 aliphatic rings. The summed E-state index contributed by atoms with van der Waals surface area (Å²) in [6.45, 7) is 0. The van der Waals surface area contributed by atoms with Gasteiger partial charge in [0.15, 0.2) is 0 Å². The lowest BCUT2D eigenvalue weighted by molar-refractivity contribution is 0.600. The minimum absolute atomic E-state index is 0.606. The second kappa shape index (κ2) is 3.71. The molecule has 5 nitrogen and oxygen atoms in total. The molecule has 1 aromatic heterocycles. The van der Waals surface area contributed by atoms with Crippen molar-refractivity contribution in [3.63, 3.8) is 0 Å². The third-order valence-corrected chi connectivity index (χ3v) is 3.60. The van der Waals surface area contributed by atoms with E-state index in [0.717, 1.165) is 10.8 Å². The lowest BCUT2D eigenvalue weighted by atomic mass is 10.2. The lowest BCUT2D eigenvalue weighted by Gasteiger charge is -2.18. The van der Waals surface area contributed by atoms with Crippen LogP contribution in [0.5, 0.6) is 0 Å². The fourth-order valence-electron chi connectivity index (χ4n) is 1.46. The number of anilines is 1. The topological polar surface area (TPSA) is 63.2 Å². The Balaban J connectivity index is 2.70. The number of hydrogen-bond donors (Lipinski definition) is 0. The lowest BCUT2D eigenvalue weighted by Crippen LogP contribution is -2.24. The Bertz CT molecular complexity index is 620. The van der Waals surface area contributed by atoms with E-state index in [2.05, 4.69) is 10.2 Å². The molecule has 0 saturated carbocycles. The highest BCUT2D eigenvalue weighted by molar-refractivity contribution is 7.92. The van der Waals surface area contributed by atoms with E-state index < -0.39 is 10.0 Å². The van der Waals surface area contributed by atoms with Gasteiger partial charge in [-0.25, -0.2) is 8.42 Å². The number of nitrogens with zero attached hydrogens (tertiary/aromatic N) is 3. The molecule has 0 saturated heterocycles. The Morgan fingerprint density at radius 3 is 2.56 bits per heavy atom. The van der Waals surface area contributed by atoms with Gasteiger partial charge >= 0.3 is 0 Å². The average Bonchev–Trinajstić information content (AvgIpc) is 2.26. The Morgan fingerprint density at radius 2 is 1.88 bits per heavy atom. The van der Waals surface area contributed by atoms with Gasteiger partial charge in [-0.2, -0.15) is 10.2 Å². The molecule has 0 aliphatic carbocycles. The number of hydrogen-bond acceptors (Lipinski definition) is 4. The first-order valence-electron chi connectivity index (χ1n) is 4.63. The first-order chi connectivity index (χ1) is 7.50. The summed E-state index contributed by atoms with van der Waals surface area (Å²) in [5.74, 6) is 0. The van der Waals surface area contributed by atoms with Crippen LogP contribution in [0, 0.1) is 0 Å². The predicted octanol–water partition coefficient (Wildman–Crippen LogP) is 1.03. The van der Waals surface area contributed by atoms with Crippen molar-refractivity contribution in [3.05, 3.63) is 30.6 Å². The van der Waals surface area contributed by atoms with Crippen LogP contribution < -0.4 is 4.31 Å². The van der Waals surface area contributed by atoms with Crippen LogP contribution in [0.15, 0.2) is 30.6 Å². The van der Waals surface area contributed by atoms with Crippen molar-refractivity contribution in [2.24, 2.45) is 0 Å². The van der Waals surface area contributed by atoms with Gasteiger partial charge in [-0.05, 0) is 6.07 Å². The van der Waals surface area contributed by atoms with E-state index in [0.29, 0.717) is 5.69 Å². The van der Waals surface area contributed by atoms with Crippen molar-refractivity contribution in [3.8, 4) is 0 Å². The molecule has 0 bridgehead atoms. The fourth-order valence-corrected chi connectivity index (χ4v) is 1.98. The molecule has 0 radical (unpaired) electrons. The van der Waals surface area contributed by atoms with E-state index >= 15 is 0 Å². The molecular formula is C10H11N3O2S. The van der Waals surface area contributed by atoms with Crippen LogP contribution in [0.1, 0.15) is 0 Å². The van der Waals surface area contributed by atoms with Crippen LogP contribution in [0.4, 0.5) is 5.69 Å². The molecule has 16 heavy (non-hydrogen) atoms. The SMILES string of the molecule is CN(c1cccc2cnncc12)S(C)(=O)=O. The van der Waals surface area contributed by atoms with E-state index in [4.69, 9.17) is 0 Å². The van der Waals surface area contributed by atoms with Crippen LogP contribution in [0.2, 0.25) is 0 Å². The molecule has 0 N–H and O–H groups in total. The van der Waals surface area contributed by atoms with Gasteiger partial charge < -0.3 is 0 Å². The number of fused-ring (bicyclic) bond motifs is 1. The highest BCUT2D eigenvalue weighted by Gasteiger charge is 2.14. The summed E-state index contributed by atoms with van der Waals surface area (Å²) in [7, 11) is -1.74. The number of rotatable bonds is 2. The maximum atomic E-state index is 11.5. The molecule has 0 amide bonds. The van der Waals surface area contributed by atoms with Gasteiger partial charge in [0.05, 0.1) is 24.3 Å². The van der Waals surface area contributed by atoms with Crippen molar-refractivity contribution in [1.82, 2.24) is 10.2 Å². The van der Waals surface area contributed by atoms with Gasteiger partial charge in [0.2, 0.25) is 10.0 Å². The van der Waals surface area contributed by atoms with E-state index in [1.807, 2.05) is 6.07 Å². The summed E-state index contributed by atoms with van der Waals surface area (Å²) in [4.78, 5) is 0. The van der Waals surface area contributed by atoms with Crippen molar-refractivity contribution < 1.29 is 8.42 Å². The molecule has 2 aromatic rings. The van der Waals surface area contributed by atoms with E-state index in [1.165, 1.54) is 17.6 Å². The highest BCUT2D eigenvalue weighted by Crippen LogP contribution is 2.25. The molecule has 0 spiro atoms. The molecular weight excluding hydrogens is 226 g/mol. The van der Waals surface area contributed by atoms with Crippen LogP contribution in [-0.4, -0.2) is 31.9 Å². The molecule has 84 valence electrons. The summed E-state index contributed by atoms with van der Waals surface area (Å²) in [5.41, 5.74) is 0.606. The quantitative estimate of drug-likeness (QED) is 0.782. The molecule has 1 aromatic carbocycles. The first-order valence-corrected chi connectivity index (χ1v) is 6.48. The van der Waals surface area contributed by atoms with Crippen LogP contribution in [-0.2, 0) is 10.0 Å². The molecule has 0 unspecified atom stereocenters. The molecule has 0 aliphatic heterocycles. The molecule has 0 atom stereocenters. The zero-order valence-corrected chi connectivity index (χ0v) is 9.77. The standard InChI is InChI=1S/C10H11N3O2S/c1-13(16(2,14)15)10-5-3-4-8-6-11-12-7-9(8)10/h3-7H,1-2H3. The fraction of sp³-hybridized carbons (Fsp3) is 0.200. The van der Waals surface area contributed by atoms with Gasteiger partial charge in [-0.1, -0.05) is 12.1 Å². The van der Waals surface area contributed by atoms with Crippen LogP contribution in [0.25, 0.3) is 10.8 Å². The number of benzene rings is 1. The third kappa shape index (κ3) is 1.83. The first kappa shape index (κ1) is 10.8.